The van der Waals surface area contributed by atoms with Crippen LogP contribution in [-0.2, 0) is 13.6 Å². The van der Waals surface area contributed by atoms with Crippen LogP contribution in [0.2, 0.25) is 5.02 Å². The number of carbonyl (C=O) groups is 1. The lowest BCUT2D eigenvalue weighted by molar-refractivity contribution is 0.102. The largest absolute Gasteiger partial charge is 0.304 e. The number of pyridine rings is 1. The first kappa shape index (κ1) is 20.9. The van der Waals surface area contributed by atoms with Crippen molar-refractivity contribution >= 4 is 34.2 Å². The molecule has 8 heteroatoms. The number of halogens is 1. The van der Waals surface area contributed by atoms with Gasteiger partial charge in [0.1, 0.15) is 5.02 Å². The first-order valence-electron chi connectivity index (χ1n) is 10.5. The molecule has 0 aliphatic heterocycles. The second kappa shape index (κ2) is 8.52. The molecule has 5 aromatic rings. The minimum absolute atomic E-state index is 0.303. The Hall–Kier alpha value is -3.97. The van der Waals surface area contributed by atoms with Crippen LogP contribution in [-0.4, -0.2) is 30.5 Å². The molecule has 0 saturated heterocycles. The van der Waals surface area contributed by atoms with E-state index in [0.29, 0.717) is 28.6 Å². The molecule has 0 aliphatic carbocycles. The smallest absolute Gasteiger partial charge is 0.257 e. The van der Waals surface area contributed by atoms with Gasteiger partial charge in [-0.3, -0.25) is 14.2 Å². The zero-order valence-corrected chi connectivity index (χ0v) is 18.9. The Labute approximate surface area is 195 Å². The first-order valence-corrected chi connectivity index (χ1v) is 10.8. The van der Waals surface area contributed by atoms with Gasteiger partial charge >= 0.3 is 0 Å². The summed E-state index contributed by atoms with van der Waals surface area (Å²) in [6.07, 6.45) is 3.47. The molecule has 7 nitrogen and oxygen atoms in total. The normalized spacial score (nSPS) is 11.1. The van der Waals surface area contributed by atoms with E-state index in [1.165, 1.54) is 0 Å². The summed E-state index contributed by atoms with van der Waals surface area (Å²) in [6.45, 7) is 2.52. The molecule has 1 amide bonds. The van der Waals surface area contributed by atoms with Gasteiger partial charge in [0, 0.05) is 29.9 Å². The summed E-state index contributed by atoms with van der Waals surface area (Å²) < 4.78 is 3.49. The first-order chi connectivity index (χ1) is 16.0. The molecule has 0 fully saturated rings. The van der Waals surface area contributed by atoms with Crippen molar-refractivity contribution in [2.24, 2.45) is 7.05 Å². The van der Waals surface area contributed by atoms with E-state index in [4.69, 9.17) is 16.6 Å². The molecule has 3 heterocycles. The Morgan fingerprint density at radius 3 is 2.61 bits per heavy atom. The van der Waals surface area contributed by atoms with E-state index < -0.39 is 0 Å². The third-order valence-electron chi connectivity index (χ3n) is 5.61. The molecule has 0 atom stereocenters. The van der Waals surface area contributed by atoms with Crippen molar-refractivity contribution in [3.63, 3.8) is 0 Å². The van der Waals surface area contributed by atoms with Crippen LogP contribution in [0, 0.1) is 6.92 Å². The fourth-order valence-corrected chi connectivity index (χ4v) is 3.96. The molecule has 1 N–H and O–H groups in total. The van der Waals surface area contributed by atoms with Crippen molar-refractivity contribution in [3.8, 4) is 11.3 Å². The number of anilines is 1. The standard InChI is InChI=1S/C25H21ClN6O/c1-16-20(13-27-31(16)2)23-12-19(18-10-6-7-11-22(18)28-23)25(33)29-24-21(26)15-32(30-24)14-17-8-4-3-5-9-17/h3-13,15H,14H2,1-2H3,(H,29,30,33). The molecule has 0 saturated carbocycles. The molecular formula is C25H21ClN6O. The van der Waals surface area contributed by atoms with Crippen LogP contribution in [0.3, 0.4) is 0 Å². The van der Waals surface area contributed by atoms with Crippen LogP contribution < -0.4 is 5.32 Å². The van der Waals surface area contributed by atoms with Gasteiger partial charge in [-0.2, -0.15) is 10.2 Å². The number of hydrogen-bond acceptors (Lipinski definition) is 4. The van der Waals surface area contributed by atoms with Gasteiger partial charge in [-0.15, -0.1) is 0 Å². The second-order valence-corrected chi connectivity index (χ2v) is 8.21. The quantitative estimate of drug-likeness (QED) is 0.399. The van der Waals surface area contributed by atoms with E-state index in [1.807, 2.05) is 68.6 Å². The van der Waals surface area contributed by atoms with Gasteiger partial charge in [-0.1, -0.05) is 60.1 Å². The summed E-state index contributed by atoms with van der Waals surface area (Å²) in [5.41, 5.74) is 4.84. The van der Waals surface area contributed by atoms with E-state index in [9.17, 15) is 4.79 Å². The van der Waals surface area contributed by atoms with Crippen molar-refractivity contribution in [1.29, 1.82) is 0 Å². The molecule has 0 spiro atoms. The third kappa shape index (κ3) is 4.10. The van der Waals surface area contributed by atoms with Gasteiger partial charge in [-0.25, -0.2) is 4.98 Å². The van der Waals surface area contributed by atoms with Crippen LogP contribution in [0.4, 0.5) is 5.82 Å². The van der Waals surface area contributed by atoms with Crippen molar-refractivity contribution in [2.75, 3.05) is 5.32 Å². The van der Waals surface area contributed by atoms with E-state index in [2.05, 4.69) is 15.5 Å². The van der Waals surface area contributed by atoms with Crippen molar-refractivity contribution in [2.45, 2.75) is 13.5 Å². The minimum Gasteiger partial charge on any atom is -0.304 e. The highest BCUT2D eigenvalue weighted by Crippen LogP contribution is 2.28. The zero-order chi connectivity index (χ0) is 22.9. The Morgan fingerprint density at radius 2 is 1.85 bits per heavy atom. The van der Waals surface area contributed by atoms with E-state index in [1.54, 1.807) is 27.8 Å². The highest BCUT2D eigenvalue weighted by atomic mass is 35.5. The SMILES string of the molecule is Cc1c(-c2cc(C(=O)Nc3nn(Cc4ccccc4)cc3Cl)c3ccccc3n2)cnn1C. The lowest BCUT2D eigenvalue weighted by atomic mass is 10.0. The summed E-state index contributed by atoms with van der Waals surface area (Å²) >= 11 is 6.39. The molecule has 164 valence electrons. The van der Waals surface area contributed by atoms with Crippen molar-refractivity contribution < 1.29 is 4.79 Å². The number of hydrogen-bond donors (Lipinski definition) is 1. The number of aryl methyl sites for hydroxylation is 1. The average molecular weight is 457 g/mol. The lowest BCUT2D eigenvalue weighted by Crippen LogP contribution is -2.14. The van der Waals surface area contributed by atoms with Gasteiger partial charge in [0.25, 0.3) is 5.91 Å². The number of fused-ring (bicyclic) bond motifs is 1. The maximum Gasteiger partial charge on any atom is 0.257 e. The number of benzene rings is 2. The number of carbonyl (C=O) groups excluding carboxylic acids is 1. The predicted molar refractivity (Wildman–Crippen MR) is 129 cm³/mol. The number of nitrogens with zero attached hydrogens (tertiary/aromatic N) is 5. The fraction of sp³-hybridized carbons (Fsp3) is 0.120. The molecule has 33 heavy (non-hydrogen) atoms. The minimum atomic E-state index is -0.303. The Balaban J connectivity index is 1.49. The molecule has 2 aromatic carbocycles. The monoisotopic (exact) mass is 456 g/mol. The van der Waals surface area contributed by atoms with Crippen LogP contribution in [0.5, 0.6) is 0 Å². The van der Waals surface area contributed by atoms with Crippen molar-refractivity contribution in [1.82, 2.24) is 24.5 Å². The van der Waals surface area contributed by atoms with E-state index >= 15 is 0 Å². The molecule has 0 bridgehead atoms. The number of amides is 1. The highest BCUT2D eigenvalue weighted by molar-refractivity contribution is 6.33. The summed E-state index contributed by atoms with van der Waals surface area (Å²) in [7, 11) is 1.88. The number of nitrogens with one attached hydrogen (secondary N) is 1. The summed E-state index contributed by atoms with van der Waals surface area (Å²) in [5, 5.41) is 12.8. The second-order valence-electron chi connectivity index (χ2n) is 7.80. The molecule has 0 aliphatic rings. The third-order valence-corrected chi connectivity index (χ3v) is 5.88. The van der Waals surface area contributed by atoms with Crippen LogP contribution in [0.15, 0.2) is 73.1 Å². The predicted octanol–water partition coefficient (Wildman–Crippen LogP) is 5.09. The molecule has 0 radical (unpaired) electrons. The van der Waals surface area contributed by atoms with Gasteiger partial charge in [0.15, 0.2) is 5.82 Å². The summed E-state index contributed by atoms with van der Waals surface area (Å²) in [5.74, 6) is 0.0147. The fourth-order valence-electron chi connectivity index (χ4n) is 3.76. The number of aromatic nitrogens is 5. The highest BCUT2D eigenvalue weighted by Gasteiger charge is 2.18. The zero-order valence-electron chi connectivity index (χ0n) is 18.2. The summed E-state index contributed by atoms with van der Waals surface area (Å²) in [4.78, 5) is 18.1. The van der Waals surface area contributed by atoms with Crippen LogP contribution in [0.1, 0.15) is 21.6 Å². The van der Waals surface area contributed by atoms with Crippen LogP contribution in [0.25, 0.3) is 22.2 Å². The van der Waals surface area contributed by atoms with Crippen molar-refractivity contribution in [3.05, 3.63) is 94.9 Å². The maximum atomic E-state index is 13.4. The number of para-hydroxylation sites is 1. The molecule has 0 unspecified atom stereocenters. The topological polar surface area (TPSA) is 77.6 Å². The Kier molecular flexibility index (Phi) is 5.40. The van der Waals surface area contributed by atoms with E-state index in [-0.39, 0.29) is 5.91 Å². The molecule has 5 rings (SSSR count). The number of rotatable bonds is 5. The molecular weight excluding hydrogens is 436 g/mol. The van der Waals surface area contributed by atoms with Gasteiger partial charge in [0.2, 0.25) is 0 Å². The average Bonchev–Trinajstić information content (AvgIpc) is 3.34. The van der Waals surface area contributed by atoms with E-state index in [0.717, 1.165) is 27.7 Å². The summed E-state index contributed by atoms with van der Waals surface area (Å²) in [6, 6.07) is 19.3. The van der Waals surface area contributed by atoms with Gasteiger partial charge in [-0.05, 0) is 24.6 Å². The Bertz CT molecular complexity index is 1470. The van der Waals surface area contributed by atoms with Gasteiger partial charge < -0.3 is 5.32 Å². The Morgan fingerprint density at radius 1 is 1.09 bits per heavy atom. The maximum absolute atomic E-state index is 13.4. The van der Waals surface area contributed by atoms with Gasteiger partial charge in [0.05, 0.1) is 29.5 Å². The van der Waals surface area contributed by atoms with Crippen LogP contribution >= 0.6 is 11.6 Å². The lowest BCUT2D eigenvalue weighted by Gasteiger charge is -2.10. The molecule has 3 aromatic heterocycles.